The molecule has 8 nitrogen and oxygen atoms in total. The Labute approximate surface area is 320 Å². The number of carbonyl (C=O) groups excluding carboxylic acids is 2. The third-order valence-electron chi connectivity index (χ3n) is 11.3. The van der Waals surface area contributed by atoms with Crippen LogP contribution in [0.3, 0.4) is 0 Å². The number of benzene rings is 4. The molecule has 2 aliphatic heterocycles. The molecule has 0 aromatic heterocycles. The van der Waals surface area contributed by atoms with Gasteiger partial charge in [0.1, 0.15) is 0 Å². The van der Waals surface area contributed by atoms with Crippen LogP contribution >= 0.6 is 0 Å². The fourth-order valence-corrected chi connectivity index (χ4v) is 8.64. The Hall–Kier alpha value is -4.34. The highest BCUT2D eigenvalue weighted by Gasteiger charge is 2.44. The van der Waals surface area contributed by atoms with E-state index in [1.165, 1.54) is 19.3 Å². The summed E-state index contributed by atoms with van der Waals surface area (Å²) >= 11 is 0. The second-order valence-corrected chi connectivity index (χ2v) is 16.3. The van der Waals surface area contributed by atoms with E-state index in [0.717, 1.165) is 52.6 Å². The van der Waals surface area contributed by atoms with Crippen molar-refractivity contribution in [2.75, 3.05) is 6.54 Å². The summed E-state index contributed by atoms with van der Waals surface area (Å²) in [5, 5.41) is 16.1. The number of likely N-dealkylation sites (tertiary alicyclic amines) is 1. The van der Waals surface area contributed by atoms with Gasteiger partial charge in [-0.2, -0.15) is 0 Å². The number of piperidine rings is 1. The standard InChI is InChI=1S/C46H55N3O5/c1-46(2,3)48-44(52)41-26-25-33-11-8-10-16-40(33)49(41)29-38-27-42(34-19-17-31(30-50)18-20-34)54-45(53-38)36-23-21-32(22-24-36)39-15-9-7-14-37(39)28-47-43(51)35-12-5-4-6-13-35/h4-7,9,12-15,17-24,33,38,40-42,45,50H,8,10-11,16,25-30H2,1-3H3,(H,47,51)(H,48,52)/t33-,38+,40-,41-,42-,45-/m1/s1. The first kappa shape index (κ1) is 38.0. The molecule has 0 spiro atoms. The van der Waals surface area contributed by atoms with E-state index >= 15 is 0 Å². The number of aliphatic hydroxyl groups is 1. The van der Waals surface area contributed by atoms with Crippen molar-refractivity contribution in [1.82, 2.24) is 15.5 Å². The topological polar surface area (TPSA) is 100 Å². The molecular formula is C46H55N3O5. The normalized spacial score (nSPS) is 24.7. The lowest BCUT2D eigenvalue weighted by molar-refractivity contribution is -0.255. The maximum Gasteiger partial charge on any atom is 0.251 e. The molecule has 1 saturated carbocycles. The number of hydrogen-bond donors (Lipinski definition) is 3. The van der Waals surface area contributed by atoms with Crippen molar-refractivity contribution in [3.05, 3.63) is 131 Å². The minimum atomic E-state index is -0.602. The van der Waals surface area contributed by atoms with Gasteiger partial charge < -0.3 is 25.2 Å². The molecule has 7 rings (SSSR count). The molecule has 2 heterocycles. The number of amides is 2. The van der Waals surface area contributed by atoms with Crippen LogP contribution in [0.15, 0.2) is 103 Å². The van der Waals surface area contributed by atoms with Gasteiger partial charge in [-0.05, 0) is 92.3 Å². The van der Waals surface area contributed by atoms with E-state index in [4.69, 9.17) is 9.47 Å². The Morgan fingerprint density at radius 1 is 0.796 bits per heavy atom. The molecule has 0 bridgehead atoms. The zero-order valence-corrected chi connectivity index (χ0v) is 31.9. The van der Waals surface area contributed by atoms with Crippen molar-refractivity contribution in [2.24, 2.45) is 5.92 Å². The lowest BCUT2D eigenvalue weighted by atomic mass is 9.75. The third kappa shape index (κ3) is 9.12. The van der Waals surface area contributed by atoms with E-state index in [9.17, 15) is 14.7 Å². The van der Waals surface area contributed by atoms with Gasteiger partial charge in [0.25, 0.3) is 5.91 Å². The quantitative estimate of drug-likeness (QED) is 0.152. The molecule has 4 aromatic carbocycles. The molecule has 3 N–H and O–H groups in total. The molecule has 284 valence electrons. The Morgan fingerprint density at radius 2 is 1.50 bits per heavy atom. The summed E-state index contributed by atoms with van der Waals surface area (Å²) in [6, 6.07) is 33.9. The summed E-state index contributed by atoms with van der Waals surface area (Å²) in [5.41, 5.74) is 6.27. The molecule has 2 amide bonds. The molecule has 0 radical (unpaired) electrons. The molecule has 3 fully saturated rings. The van der Waals surface area contributed by atoms with Crippen LogP contribution in [-0.4, -0.2) is 52.1 Å². The van der Waals surface area contributed by atoms with Gasteiger partial charge in [-0.25, -0.2) is 0 Å². The Morgan fingerprint density at radius 3 is 2.24 bits per heavy atom. The highest BCUT2D eigenvalue weighted by Crippen LogP contribution is 2.42. The lowest BCUT2D eigenvalue weighted by Gasteiger charge is -2.50. The maximum absolute atomic E-state index is 13.8. The van der Waals surface area contributed by atoms with Crippen LogP contribution in [0.2, 0.25) is 0 Å². The van der Waals surface area contributed by atoms with Gasteiger partial charge in [-0.15, -0.1) is 0 Å². The molecule has 3 aliphatic rings. The number of fused-ring (bicyclic) bond motifs is 1. The Bertz CT molecular complexity index is 1860. The second-order valence-electron chi connectivity index (χ2n) is 16.3. The zero-order valence-electron chi connectivity index (χ0n) is 31.9. The van der Waals surface area contributed by atoms with Gasteiger partial charge in [-0.1, -0.05) is 104 Å². The minimum Gasteiger partial charge on any atom is -0.392 e. The van der Waals surface area contributed by atoms with E-state index in [0.29, 0.717) is 37.0 Å². The third-order valence-corrected chi connectivity index (χ3v) is 11.3. The molecule has 2 saturated heterocycles. The second kappa shape index (κ2) is 17.0. The Kier molecular flexibility index (Phi) is 11.9. The number of rotatable bonds is 10. The van der Waals surface area contributed by atoms with Crippen LogP contribution in [0.1, 0.15) is 111 Å². The summed E-state index contributed by atoms with van der Waals surface area (Å²) < 4.78 is 13.6. The Balaban J connectivity index is 1.13. The number of hydrogen-bond acceptors (Lipinski definition) is 6. The number of nitrogens with zero attached hydrogens (tertiary/aromatic N) is 1. The number of carbonyl (C=O) groups is 2. The van der Waals surface area contributed by atoms with Crippen molar-refractivity contribution in [3.63, 3.8) is 0 Å². The van der Waals surface area contributed by atoms with Crippen LogP contribution < -0.4 is 10.6 Å². The molecule has 4 aromatic rings. The number of aliphatic hydroxyl groups excluding tert-OH is 1. The molecule has 0 unspecified atom stereocenters. The molecule has 1 aliphatic carbocycles. The first-order chi connectivity index (χ1) is 26.1. The van der Waals surface area contributed by atoms with Gasteiger partial charge in [0.05, 0.1) is 24.9 Å². The fourth-order valence-electron chi connectivity index (χ4n) is 8.64. The maximum atomic E-state index is 13.8. The minimum absolute atomic E-state index is 0.00935. The summed E-state index contributed by atoms with van der Waals surface area (Å²) in [5.74, 6) is 0.617. The van der Waals surface area contributed by atoms with Crippen LogP contribution in [0.4, 0.5) is 0 Å². The van der Waals surface area contributed by atoms with Gasteiger partial charge in [0, 0.05) is 42.2 Å². The van der Waals surface area contributed by atoms with Crippen molar-refractivity contribution >= 4 is 11.8 Å². The van der Waals surface area contributed by atoms with Gasteiger partial charge in [0.15, 0.2) is 6.29 Å². The number of nitrogens with one attached hydrogen (secondary N) is 2. The van der Waals surface area contributed by atoms with Gasteiger partial charge in [-0.3, -0.25) is 14.5 Å². The predicted octanol–water partition coefficient (Wildman–Crippen LogP) is 8.26. The van der Waals surface area contributed by atoms with Crippen molar-refractivity contribution in [2.45, 2.75) is 115 Å². The van der Waals surface area contributed by atoms with E-state index in [1.54, 1.807) is 0 Å². The zero-order chi connectivity index (χ0) is 37.7. The first-order valence-corrected chi connectivity index (χ1v) is 19.7. The van der Waals surface area contributed by atoms with Gasteiger partial charge in [0.2, 0.25) is 5.91 Å². The molecule has 54 heavy (non-hydrogen) atoms. The summed E-state index contributed by atoms with van der Waals surface area (Å²) in [6.07, 6.45) is 6.42. The van der Waals surface area contributed by atoms with E-state index < -0.39 is 6.29 Å². The van der Waals surface area contributed by atoms with E-state index in [-0.39, 0.29) is 42.2 Å². The average molecular weight is 730 g/mol. The lowest BCUT2D eigenvalue weighted by Crippen LogP contribution is -2.61. The highest BCUT2D eigenvalue weighted by molar-refractivity contribution is 5.94. The van der Waals surface area contributed by atoms with Crippen molar-refractivity contribution in [3.8, 4) is 11.1 Å². The molecule has 8 heteroatoms. The van der Waals surface area contributed by atoms with Crippen LogP contribution in [0, 0.1) is 5.92 Å². The van der Waals surface area contributed by atoms with Crippen molar-refractivity contribution in [1.29, 1.82) is 0 Å². The first-order valence-electron chi connectivity index (χ1n) is 19.7. The number of ether oxygens (including phenoxy) is 2. The van der Waals surface area contributed by atoms with E-state index in [2.05, 4.69) is 45.9 Å². The predicted molar refractivity (Wildman–Crippen MR) is 211 cm³/mol. The fraction of sp³-hybridized carbons (Fsp3) is 0.435. The molecular weight excluding hydrogens is 675 g/mol. The summed E-state index contributed by atoms with van der Waals surface area (Å²) in [6.45, 7) is 7.21. The average Bonchev–Trinajstić information content (AvgIpc) is 3.20. The highest BCUT2D eigenvalue weighted by atomic mass is 16.7. The van der Waals surface area contributed by atoms with Crippen LogP contribution in [-0.2, 0) is 27.4 Å². The smallest absolute Gasteiger partial charge is 0.251 e. The molecule has 6 atom stereocenters. The summed E-state index contributed by atoms with van der Waals surface area (Å²) in [7, 11) is 0. The summed E-state index contributed by atoms with van der Waals surface area (Å²) in [4.78, 5) is 29.1. The van der Waals surface area contributed by atoms with Gasteiger partial charge >= 0.3 is 0 Å². The van der Waals surface area contributed by atoms with E-state index in [1.807, 2.05) is 93.6 Å². The largest absolute Gasteiger partial charge is 0.392 e. The SMILES string of the molecule is CC(C)(C)NC(=O)[C@H]1CC[C@H]2CCCC[C@H]2N1C[C@@H]1C[C@H](c2ccc(CO)cc2)O[C@H](c2ccc(-c3ccccc3CNC(=O)c3ccccc3)cc2)O1. The van der Waals surface area contributed by atoms with Crippen LogP contribution in [0.25, 0.3) is 11.1 Å². The van der Waals surface area contributed by atoms with Crippen molar-refractivity contribution < 1.29 is 24.2 Å². The van der Waals surface area contributed by atoms with Crippen LogP contribution in [0.5, 0.6) is 0 Å². The monoisotopic (exact) mass is 729 g/mol.